The topological polar surface area (TPSA) is 50.7 Å². The van der Waals surface area contributed by atoms with E-state index in [-0.39, 0.29) is 0 Å². The van der Waals surface area contributed by atoms with Crippen molar-refractivity contribution in [2.45, 2.75) is 13.8 Å². The molecule has 0 aliphatic heterocycles. The quantitative estimate of drug-likeness (QED) is 0.790. The van der Waals surface area contributed by atoms with Crippen LogP contribution in [-0.2, 0) is 0 Å². The fourth-order valence-electron chi connectivity index (χ4n) is 1.89. The fraction of sp³-hybridized carbons (Fsp3) is 0.133. The number of nitrogens with zero attached hydrogens (tertiary/aromatic N) is 3. The summed E-state index contributed by atoms with van der Waals surface area (Å²) < 4.78 is 0. The van der Waals surface area contributed by atoms with Crippen molar-refractivity contribution < 1.29 is 0 Å². The highest BCUT2D eigenvalue weighted by Crippen LogP contribution is 2.32. The minimum absolute atomic E-state index is 0.796. The molecule has 0 spiro atoms. The highest BCUT2D eigenvalue weighted by Gasteiger charge is 2.11. The molecule has 1 N–H and O–H groups in total. The first-order valence-electron chi connectivity index (χ1n) is 6.31. The van der Waals surface area contributed by atoms with Crippen molar-refractivity contribution in [1.82, 2.24) is 15.0 Å². The number of anilines is 2. The van der Waals surface area contributed by atoms with Gasteiger partial charge in [-0.25, -0.2) is 9.97 Å². The van der Waals surface area contributed by atoms with Crippen molar-refractivity contribution in [1.29, 1.82) is 0 Å². The van der Waals surface area contributed by atoms with Crippen LogP contribution < -0.4 is 5.32 Å². The lowest BCUT2D eigenvalue weighted by Gasteiger charge is -1.99. The van der Waals surface area contributed by atoms with Crippen molar-refractivity contribution in [3.05, 3.63) is 54.0 Å². The second-order valence-corrected chi connectivity index (χ2v) is 5.49. The first-order valence-corrected chi connectivity index (χ1v) is 7.12. The van der Waals surface area contributed by atoms with E-state index in [9.17, 15) is 0 Å². The molecule has 0 amide bonds. The minimum Gasteiger partial charge on any atom is -0.316 e. The molecule has 3 aromatic rings. The Bertz CT molecular complexity index is 722. The lowest BCUT2D eigenvalue weighted by Crippen LogP contribution is -1.91. The van der Waals surface area contributed by atoms with E-state index >= 15 is 0 Å². The molecule has 0 aliphatic carbocycles. The highest BCUT2D eigenvalue weighted by molar-refractivity contribution is 7.19. The molecular formula is C15H14N4S. The van der Waals surface area contributed by atoms with Gasteiger partial charge in [-0.05, 0) is 43.7 Å². The van der Waals surface area contributed by atoms with Gasteiger partial charge in [0.2, 0.25) is 0 Å². The third-order valence-electron chi connectivity index (χ3n) is 2.84. The zero-order chi connectivity index (χ0) is 13.9. The number of aromatic nitrogens is 3. The molecule has 3 aromatic heterocycles. The van der Waals surface area contributed by atoms with Crippen molar-refractivity contribution >= 4 is 22.3 Å². The largest absolute Gasteiger partial charge is 0.316 e. The molecule has 5 heteroatoms. The Morgan fingerprint density at radius 3 is 2.70 bits per heavy atom. The molecule has 0 saturated carbocycles. The molecule has 0 aromatic carbocycles. The van der Waals surface area contributed by atoms with Crippen molar-refractivity contribution in [3.8, 4) is 10.6 Å². The van der Waals surface area contributed by atoms with E-state index in [1.165, 1.54) is 5.56 Å². The second kappa shape index (κ2) is 5.38. The molecule has 3 rings (SSSR count). The Morgan fingerprint density at radius 2 is 1.95 bits per heavy atom. The maximum atomic E-state index is 4.54. The van der Waals surface area contributed by atoms with E-state index in [1.54, 1.807) is 17.5 Å². The van der Waals surface area contributed by atoms with Crippen LogP contribution >= 0.6 is 11.3 Å². The van der Waals surface area contributed by atoms with Gasteiger partial charge >= 0.3 is 0 Å². The van der Waals surface area contributed by atoms with Gasteiger partial charge in [0.25, 0.3) is 0 Å². The van der Waals surface area contributed by atoms with Crippen LogP contribution in [0.4, 0.5) is 10.9 Å². The van der Waals surface area contributed by atoms with Crippen LogP contribution in [0.15, 0.2) is 42.7 Å². The van der Waals surface area contributed by atoms with Gasteiger partial charge in [0.1, 0.15) is 5.82 Å². The summed E-state index contributed by atoms with van der Waals surface area (Å²) in [5.74, 6) is 0.796. The predicted molar refractivity (Wildman–Crippen MR) is 82.3 cm³/mol. The number of rotatable bonds is 3. The average molecular weight is 282 g/mol. The average Bonchev–Trinajstić information content (AvgIpc) is 2.81. The number of aryl methyl sites for hydroxylation is 2. The normalized spacial score (nSPS) is 10.5. The molecule has 0 saturated heterocycles. The van der Waals surface area contributed by atoms with Gasteiger partial charge in [0, 0.05) is 12.4 Å². The molecule has 0 radical (unpaired) electrons. The SMILES string of the molecule is Cc1ccnc(-c2sc(Nc3ccccn3)nc2C)c1. The molecule has 0 bridgehead atoms. The number of pyridine rings is 2. The molecular weight excluding hydrogens is 268 g/mol. The molecule has 0 unspecified atom stereocenters. The van der Waals surface area contributed by atoms with Crippen LogP contribution in [-0.4, -0.2) is 15.0 Å². The Kier molecular flexibility index (Phi) is 3.43. The van der Waals surface area contributed by atoms with Gasteiger partial charge in [-0.1, -0.05) is 17.4 Å². The lowest BCUT2D eigenvalue weighted by atomic mass is 10.2. The number of hydrogen-bond acceptors (Lipinski definition) is 5. The predicted octanol–water partition coefficient (Wildman–Crippen LogP) is 3.96. The van der Waals surface area contributed by atoms with Gasteiger partial charge in [0.05, 0.1) is 16.3 Å². The van der Waals surface area contributed by atoms with Crippen molar-refractivity contribution in [3.63, 3.8) is 0 Å². The molecule has 100 valence electrons. The van der Waals surface area contributed by atoms with Crippen LogP contribution in [0.25, 0.3) is 10.6 Å². The standard InChI is InChI=1S/C15H14N4S/c1-10-6-8-16-12(9-10)14-11(2)18-15(20-14)19-13-5-3-4-7-17-13/h3-9H,1-2H3,(H,17,18,19). The van der Waals surface area contributed by atoms with E-state index < -0.39 is 0 Å². The van der Waals surface area contributed by atoms with Gasteiger partial charge in [-0.3, -0.25) is 4.98 Å². The van der Waals surface area contributed by atoms with Crippen LogP contribution in [0.3, 0.4) is 0 Å². The van der Waals surface area contributed by atoms with E-state index in [0.717, 1.165) is 27.2 Å². The van der Waals surface area contributed by atoms with Gasteiger partial charge in [-0.2, -0.15) is 0 Å². The second-order valence-electron chi connectivity index (χ2n) is 4.49. The Morgan fingerprint density at radius 1 is 1.05 bits per heavy atom. The zero-order valence-electron chi connectivity index (χ0n) is 11.3. The Balaban J connectivity index is 1.91. The summed E-state index contributed by atoms with van der Waals surface area (Å²) in [5.41, 5.74) is 3.14. The maximum Gasteiger partial charge on any atom is 0.189 e. The lowest BCUT2D eigenvalue weighted by molar-refractivity contribution is 1.22. The molecule has 0 atom stereocenters. The highest BCUT2D eigenvalue weighted by atomic mass is 32.1. The number of hydrogen-bond donors (Lipinski definition) is 1. The summed E-state index contributed by atoms with van der Waals surface area (Å²) >= 11 is 1.59. The molecule has 4 nitrogen and oxygen atoms in total. The number of nitrogens with one attached hydrogen (secondary N) is 1. The first kappa shape index (κ1) is 12.7. The van der Waals surface area contributed by atoms with Gasteiger partial charge in [-0.15, -0.1) is 0 Å². The smallest absolute Gasteiger partial charge is 0.189 e. The summed E-state index contributed by atoms with van der Waals surface area (Å²) in [5, 5.41) is 4.05. The Hall–Kier alpha value is -2.27. The molecule has 0 aliphatic rings. The monoisotopic (exact) mass is 282 g/mol. The fourth-order valence-corrected chi connectivity index (χ4v) is 2.84. The third kappa shape index (κ3) is 2.67. The van der Waals surface area contributed by atoms with E-state index in [4.69, 9.17) is 0 Å². The van der Waals surface area contributed by atoms with Crippen molar-refractivity contribution in [2.75, 3.05) is 5.32 Å². The van der Waals surface area contributed by atoms with Crippen LogP contribution in [0.1, 0.15) is 11.3 Å². The molecule has 20 heavy (non-hydrogen) atoms. The van der Waals surface area contributed by atoms with E-state index in [1.807, 2.05) is 37.4 Å². The summed E-state index contributed by atoms with van der Waals surface area (Å²) in [6.45, 7) is 4.06. The number of thiazole rings is 1. The molecule has 0 fully saturated rings. The van der Waals surface area contributed by atoms with Crippen LogP contribution in [0.5, 0.6) is 0 Å². The molecule has 3 heterocycles. The maximum absolute atomic E-state index is 4.54. The first-order chi connectivity index (χ1) is 9.72. The van der Waals surface area contributed by atoms with E-state index in [2.05, 4.69) is 33.3 Å². The summed E-state index contributed by atoms with van der Waals surface area (Å²) in [6, 6.07) is 9.82. The zero-order valence-corrected chi connectivity index (χ0v) is 12.1. The van der Waals surface area contributed by atoms with Gasteiger partial charge in [0.15, 0.2) is 5.13 Å². The third-order valence-corrected chi connectivity index (χ3v) is 3.94. The summed E-state index contributed by atoms with van der Waals surface area (Å²) in [6.07, 6.45) is 3.58. The summed E-state index contributed by atoms with van der Waals surface area (Å²) in [4.78, 5) is 14.3. The van der Waals surface area contributed by atoms with Gasteiger partial charge < -0.3 is 5.32 Å². The van der Waals surface area contributed by atoms with Crippen LogP contribution in [0.2, 0.25) is 0 Å². The van der Waals surface area contributed by atoms with Crippen molar-refractivity contribution in [2.24, 2.45) is 0 Å². The van der Waals surface area contributed by atoms with E-state index in [0.29, 0.717) is 0 Å². The summed E-state index contributed by atoms with van der Waals surface area (Å²) in [7, 11) is 0. The Labute approximate surface area is 121 Å². The van der Waals surface area contributed by atoms with Crippen LogP contribution in [0, 0.1) is 13.8 Å². The minimum atomic E-state index is 0.796.